The highest BCUT2D eigenvalue weighted by atomic mass is 32.2. The second-order valence-corrected chi connectivity index (χ2v) is 7.31. The van der Waals surface area contributed by atoms with Gasteiger partial charge in [-0.3, -0.25) is 4.72 Å². The monoisotopic (exact) mass is 398 g/mol. The highest BCUT2D eigenvalue weighted by molar-refractivity contribution is 7.92. The second-order valence-electron chi connectivity index (χ2n) is 5.63. The second kappa shape index (κ2) is 6.95. The fourth-order valence-corrected chi connectivity index (χ4v) is 4.14. The van der Waals surface area contributed by atoms with Crippen LogP contribution in [0.5, 0.6) is 0 Å². The molecule has 4 bridgehead atoms. The minimum atomic E-state index is -3.85. The molecule has 0 fully saturated rings. The van der Waals surface area contributed by atoms with E-state index in [2.05, 4.69) is 4.72 Å². The number of carboxylic acid groups (broad SMARTS) is 1. The number of carboxylic acids is 1. The number of fused-ring (bicyclic) bond motifs is 7. The van der Waals surface area contributed by atoms with E-state index in [0.29, 0.717) is 10.9 Å². The molecule has 10 heteroatoms. The molecule has 2 heterocycles. The summed E-state index contributed by atoms with van der Waals surface area (Å²) in [4.78, 5) is 11.9. The lowest BCUT2D eigenvalue weighted by Crippen LogP contribution is -2.15. The molecule has 2 aromatic carbocycles. The summed E-state index contributed by atoms with van der Waals surface area (Å²) in [7, 11) is -3.85. The van der Waals surface area contributed by atoms with Crippen LogP contribution in [0.25, 0.3) is 10.9 Å². The van der Waals surface area contributed by atoms with Gasteiger partial charge >= 0.3 is 12.6 Å². The van der Waals surface area contributed by atoms with Crippen LogP contribution in [0.2, 0.25) is 0 Å². The number of halogens is 3. The first kappa shape index (κ1) is 18.8. The van der Waals surface area contributed by atoms with Crippen LogP contribution in [-0.2, 0) is 16.6 Å². The Bertz CT molecular complexity index is 1120. The van der Waals surface area contributed by atoms with Gasteiger partial charge in [0.05, 0.1) is 16.1 Å². The Morgan fingerprint density at radius 1 is 1.11 bits per heavy atom. The number of anilines is 1. The van der Waals surface area contributed by atoms with Crippen LogP contribution in [0.1, 0.15) is 16.1 Å². The number of hydrogen-bond donors (Lipinski definition) is 2. The number of para-hydroxylation sites is 1. The van der Waals surface area contributed by atoms with Crippen molar-refractivity contribution >= 4 is 32.6 Å². The van der Waals surface area contributed by atoms with Gasteiger partial charge in [-0.15, -0.1) is 0 Å². The summed E-state index contributed by atoms with van der Waals surface area (Å²) in [5.74, 6) is -1.17. The molecular formula is C17H13F3N2O4S. The first-order valence-electron chi connectivity index (χ1n) is 7.59. The van der Waals surface area contributed by atoms with Crippen molar-refractivity contribution in [2.45, 2.75) is 18.1 Å². The highest BCUT2D eigenvalue weighted by Crippen LogP contribution is 2.35. The highest BCUT2D eigenvalue weighted by Gasteiger charge is 2.28. The molecule has 0 unspecified atom stereocenters. The van der Waals surface area contributed by atoms with E-state index >= 15 is 0 Å². The fourth-order valence-electron chi connectivity index (χ4n) is 2.98. The van der Waals surface area contributed by atoms with Gasteiger partial charge in [-0.1, -0.05) is 30.3 Å². The summed E-state index contributed by atoms with van der Waals surface area (Å²) < 4.78 is 58.2. The van der Waals surface area contributed by atoms with Crippen molar-refractivity contribution in [3.8, 4) is 0 Å². The average Bonchev–Trinajstić information content (AvgIpc) is 2.89. The van der Waals surface area contributed by atoms with Crippen LogP contribution in [0, 0.1) is 0 Å². The third kappa shape index (κ3) is 3.61. The van der Waals surface area contributed by atoms with Gasteiger partial charge in [0.1, 0.15) is 0 Å². The lowest BCUT2D eigenvalue weighted by molar-refractivity contribution is 0.00817. The van der Waals surface area contributed by atoms with Crippen molar-refractivity contribution in [3.05, 3.63) is 59.8 Å². The number of rotatable bonds is 1. The zero-order valence-corrected chi connectivity index (χ0v) is 14.4. The van der Waals surface area contributed by atoms with E-state index in [-0.39, 0.29) is 22.8 Å². The molecule has 142 valence electrons. The van der Waals surface area contributed by atoms with Gasteiger partial charge < -0.3 is 9.67 Å². The minimum Gasteiger partial charge on any atom is -0.477 e. The molecule has 6 nitrogen and oxygen atoms in total. The number of benzene rings is 2. The molecule has 0 saturated carbocycles. The summed E-state index contributed by atoms with van der Waals surface area (Å²) >= 11 is 0. The molecule has 4 rings (SSSR count). The lowest BCUT2D eigenvalue weighted by Gasteiger charge is -2.09. The maximum absolute atomic E-state index is 12.6. The fraction of sp³-hybridized carbons (Fsp3) is 0.118. The Balaban J connectivity index is 0.000000481. The predicted octanol–water partition coefficient (Wildman–Crippen LogP) is 3.68. The first-order chi connectivity index (χ1) is 12.7. The molecule has 0 spiro atoms. The van der Waals surface area contributed by atoms with Crippen LogP contribution in [0.15, 0.2) is 53.4 Å². The summed E-state index contributed by atoms with van der Waals surface area (Å²) in [6, 6.07) is 13.5. The number of carbonyl (C=O) groups is 1. The van der Waals surface area contributed by atoms with Gasteiger partial charge in [-0.25, -0.2) is 13.2 Å². The van der Waals surface area contributed by atoms with Crippen molar-refractivity contribution in [1.29, 1.82) is 0 Å². The van der Waals surface area contributed by atoms with Gasteiger partial charge in [0.15, 0.2) is 5.69 Å². The molecule has 0 saturated heterocycles. The minimum absolute atomic E-state index is 0.0581. The van der Waals surface area contributed by atoms with Crippen molar-refractivity contribution in [2.75, 3.05) is 4.72 Å². The molecule has 0 atom stereocenters. The normalized spacial score (nSPS) is 14.4. The van der Waals surface area contributed by atoms with E-state index in [0.717, 1.165) is 5.56 Å². The Kier molecular flexibility index (Phi) is 4.83. The van der Waals surface area contributed by atoms with Gasteiger partial charge in [-0.2, -0.15) is 13.2 Å². The van der Waals surface area contributed by atoms with E-state index in [1.165, 1.54) is 6.07 Å². The number of hydrogen-bond acceptors (Lipinski definition) is 3. The molecule has 1 aliphatic rings. The Morgan fingerprint density at radius 2 is 1.78 bits per heavy atom. The number of alkyl halides is 3. The van der Waals surface area contributed by atoms with Crippen LogP contribution in [-0.4, -0.2) is 30.7 Å². The third-order valence-electron chi connectivity index (χ3n) is 3.96. The Hall–Kier alpha value is -3.01. The molecule has 1 aromatic heterocycles. The molecule has 3 aromatic rings. The number of sulfonamides is 1. The average molecular weight is 398 g/mol. The van der Waals surface area contributed by atoms with E-state index in [9.17, 15) is 31.5 Å². The molecule has 0 radical (unpaired) electrons. The molecule has 2 N–H and O–H groups in total. The first-order valence-corrected chi connectivity index (χ1v) is 9.07. The summed E-state index contributed by atoms with van der Waals surface area (Å²) in [6.07, 6.45) is 0. The van der Waals surface area contributed by atoms with E-state index in [1.54, 1.807) is 47.0 Å². The summed E-state index contributed by atoms with van der Waals surface area (Å²) in [5, 5.41) is 10.2. The zero-order chi connectivity index (χ0) is 19.8. The standard InChI is InChI=1S/C16H12N2O4S.CHF3/c19-16(20)15-14-12-6-1-2-7-13(12)18(15)9-10-4-3-5-11(8-10)23(21,22)17-14;2-1(3)4/h1-8,17H,9H2,(H,19,20);1H. The molecular weight excluding hydrogens is 385 g/mol. The van der Waals surface area contributed by atoms with Gasteiger partial charge in [0.2, 0.25) is 0 Å². The van der Waals surface area contributed by atoms with E-state index in [1.807, 2.05) is 0 Å². The zero-order valence-electron chi connectivity index (χ0n) is 13.6. The smallest absolute Gasteiger partial charge is 0.379 e. The lowest BCUT2D eigenvalue weighted by atomic mass is 10.2. The van der Waals surface area contributed by atoms with Gasteiger partial charge in [0, 0.05) is 11.9 Å². The number of nitrogens with one attached hydrogen (secondary N) is 1. The molecule has 1 aliphatic heterocycles. The van der Waals surface area contributed by atoms with Crippen LogP contribution in [0.3, 0.4) is 0 Å². The van der Waals surface area contributed by atoms with Gasteiger partial charge in [0.25, 0.3) is 10.0 Å². The maximum Gasteiger partial charge on any atom is 0.379 e. The quantitative estimate of drug-likeness (QED) is 0.655. The van der Waals surface area contributed by atoms with E-state index in [4.69, 9.17) is 0 Å². The van der Waals surface area contributed by atoms with Crippen LogP contribution < -0.4 is 4.72 Å². The molecule has 27 heavy (non-hydrogen) atoms. The summed E-state index contributed by atoms with van der Waals surface area (Å²) in [6.45, 7) is -3.38. The van der Waals surface area contributed by atoms with Gasteiger partial charge in [-0.05, 0) is 23.8 Å². The van der Waals surface area contributed by atoms with Crippen LogP contribution >= 0.6 is 0 Å². The van der Waals surface area contributed by atoms with Crippen molar-refractivity contribution in [3.63, 3.8) is 0 Å². The molecule has 0 amide bonds. The Labute approximate surface area is 151 Å². The van der Waals surface area contributed by atoms with Crippen molar-refractivity contribution in [2.24, 2.45) is 0 Å². The SMILES string of the molecule is FC(F)F.O=C(O)c1c2c3ccccc3n1Cc1cccc(c1)S(=O)(=O)N2. The summed E-state index contributed by atoms with van der Waals surface area (Å²) in [5.41, 5.74) is 1.45. The topological polar surface area (TPSA) is 88.4 Å². The largest absolute Gasteiger partial charge is 0.477 e. The Morgan fingerprint density at radius 3 is 2.44 bits per heavy atom. The maximum atomic E-state index is 12.6. The van der Waals surface area contributed by atoms with Crippen LogP contribution in [0.4, 0.5) is 18.9 Å². The number of nitrogens with zero attached hydrogens (tertiary/aromatic N) is 1. The van der Waals surface area contributed by atoms with E-state index < -0.39 is 22.7 Å². The molecule has 0 aliphatic carbocycles. The number of aromatic nitrogens is 1. The predicted molar refractivity (Wildman–Crippen MR) is 92.4 cm³/mol. The van der Waals surface area contributed by atoms with Crippen molar-refractivity contribution in [1.82, 2.24) is 4.57 Å². The third-order valence-corrected chi connectivity index (χ3v) is 5.31. The van der Waals surface area contributed by atoms with Crippen molar-refractivity contribution < 1.29 is 31.5 Å². The number of aromatic carboxylic acids is 1.